The second-order valence-electron chi connectivity index (χ2n) is 3.13. The van der Waals surface area contributed by atoms with Gasteiger partial charge in [0, 0.05) is 18.3 Å². The summed E-state index contributed by atoms with van der Waals surface area (Å²) in [5.74, 6) is 0.302. The average Bonchev–Trinajstić information content (AvgIpc) is 2.68. The molecule has 0 aliphatic heterocycles. The smallest absolute Gasteiger partial charge is 0.141 e. The molecule has 0 bridgehead atoms. The summed E-state index contributed by atoms with van der Waals surface area (Å²) in [5, 5.41) is 0. The number of pyridine rings is 1. The standard InChI is InChI=1S/C10H11FN4/c11-8-1-2-10(14-5-8)15-7-13-6-9(15)3-4-12/h1-2,5-7H,3-4,12H2. The van der Waals surface area contributed by atoms with E-state index in [4.69, 9.17) is 5.73 Å². The molecule has 15 heavy (non-hydrogen) atoms. The minimum atomic E-state index is -0.348. The van der Waals surface area contributed by atoms with Crippen molar-refractivity contribution in [2.75, 3.05) is 6.54 Å². The van der Waals surface area contributed by atoms with Gasteiger partial charge in [-0.25, -0.2) is 14.4 Å². The van der Waals surface area contributed by atoms with Crippen LogP contribution in [-0.2, 0) is 6.42 Å². The van der Waals surface area contributed by atoms with Crippen molar-refractivity contribution in [3.8, 4) is 5.82 Å². The maximum absolute atomic E-state index is 12.7. The third-order valence-electron chi connectivity index (χ3n) is 2.07. The predicted octanol–water partition coefficient (Wildman–Crippen LogP) is 0.908. The molecule has 0 amide bonds. The van der Waals surface area contributed by atoms with Crippen molar-refractivity contribution in [1.29, 1.82) is 0 Å². The SMILES string of the molecule is NCCc1cncn1-c1ccc(F)cn1. The molecule has 2 rings (SSSR count). The molecule has 0 aromatic carbocycles. The molecule has 0 fully saturated rings. The molecule has 2 heterocycles. The zero-order valence-corrected chi connectivity index (χ0v) is 8.10. The second-order valence-corrected chi connectivity index (χ2v) is 3.13. The van der Waals surface area contributed by atoms with E-state index in [1.165, 1.54) is 12.3 Å². The van der Waals surface area contributed by atoms with E-state index in [1.807, 2.05) is 0 Å². The van der Waals surface area contributed by atoms with Crippen LogP contribution in [0.15, 0.2) is 30.9 Å². The van der Waals surface area contributed by atoms with E-state index >= 15 is 0 Å². The lowest BCUT2D eigenvalue weighted by Crippen LogP contribution is -2.08. The summed E-state index contributed by atoms with van der Waals surface area (Å²) in [5.41, 5.74) is 6.44. The average molecular weight is 206 g/mol. The van der Waals surface area contributed by atoms with Crippen LogP contribution in [-0.4, -0.2) is 21.1 Å². The molecular formula is C10H11FN4. The third kappa shape index (κ3) is 2.02. The summed E-state index contributed by atoms with van der Waals surface area (Å²) in [6.45, 7) is 0.549. The van der Waals surface area contributed by atoms with E-state index in [9.17, 15) is 4.39 Å². The molecule has 0 saturated carbocycles. The van der Waals surface area contributed by atoms with Crippen LogP contribution >= 0.6 is 0 Å². The summed E-state index contributed by atoms with van der Waals surface area (Å²) < 4.78 is 14.5. The zero-order valence-electron chi connectivity index (χ0n) is 8.10. The minimum absolute atomic E-state index is 0.348. The van der Waals surface area contributed by atoms with Crippen LogP contribution in [0, 0.1) is 5.82 Å². The minimum Gasteiger partial charge on any atom is -0.330 e. The van der Waals surface area contributed by atoms with Crippen LogP contribution in [0.5, 0.6) is 0 Å². The summed E-state index contributed by atoms with van der Waals surface area (Å²) in [7, 11) is 0. The van der Waals surface area contributed by atoms with Crippen molar-refractivity contribution >= 4 is 0 Å². The summed E-state index contributed by atoms with van der Waals surface area (Å²) in [6, 6.07) is 2.98. The topological polar surface area (TPSA) is 56.7 Å². The molecule has 2 aromatic heterocycles. The van der Waals surface area contributed by atoms with Crippen LogP contribution in [0.25, 0.3) is 5.82 Å². The van der Waals surface area contributed by atoms with Gasteiger partial charge in [-0.1, -0.05) is 0 Å². The Morgan fingerprint density at radius 3 is 2.87 bits per heavy atom. The van der Waals surface area contributed by atoms with Gasteiger partial charge in [0.25, 0.3) is 0 Å². The van der Waals surface area contributed by atoms with Gasteiger partial charge in [0.1, 0.15) is 18.0 Å². The van der Waals surface area contributed by atoms with Crippen molar-refractivity contribution in [2.45, 2.75) is 6.42 Å². The van der Waals surface area contributed by atoms with Crippen LogP contribution in [0.2, 0.25) is 0 Å². The van der Waals surface area contributed by atoms with E-state index in [0.717, 1.165) is 12.1 Å². The van der Waals surface area contributed by atoms with Crippen molar-refractivity contribution in [3.05, 3.63) is 42.4 Å². The Balaban J connectivity index is 2.36. The number of halogens is 1. The van der Waals surface area contributed by atoms with Gasteiger partial charge in [0.2, 0.25) is 0 Å². The van der Waals surface area contributed by atoms with Gasteiger partial charge in [-0.3, -0.25) is 4.57 Å². The largest absolute Gasteiger partial charge is 0.330 e. The van der Waals surface area contributed by atoms with Gasteiger partial charge in [0.15, 0.2) is 0 Å². The number of hydrogen-bond acceptors (Lipinski definition) is 3. The molecule has 0 radical (unpaired) electrons. The lowest BCUT2D eigenvalue weighted by Gasteiger charge is -2.05. The van der Waals surface area contributed by atoms with Gasteiger partial charge in [-0.15, -0.1) is 0 Å². The molecular weight excluding hydrogens is 195 g/mol. The first-order valence-electron chi connectivity index (χ1n) is 4.64. The summed E-state index contributed by atoms with van der Waals surface area (Å²) in [4.78, 5) is 7.98. The van der Waals surface area contributed by atoms with Crippen LogP contribution in [0.3, 0.4) is 0 Å². The molecule has 78 valence electrons. The highest BCUT2D eigenvalue weighted by Crippen LogP contribution is 2.09. The number of rotatable bonds is 3. The fourth-order valence-corrected chi connectivity index (χ4v) is 1.37. The zero-order chi connectivity index (χ0) is 10.7. The van der Waals surface area contributed by atoms with Gasteiger partial charge in [0.05, 0.1) is 6.20 Å². The quantitative estimate of drug-likeness (QED) is 0.812. The molecule has 2 N–H and O–H groups in total. The third-order valence-corrected chi connectivity index (χ3v) is 2.07. The number of imidazole rings is 1. The Labute approximate surface area is 86.6 Å². The maximum Gasteiger partial charge on any atom is 0.141 e. The Bertz CT molecular complexity index is 435. The molecule has 0 aliphatic carbocycles. The highest BCUT2D eigenvalue weighted by Gasteiger charge is 2.04. The van der Waals surface area contributed by atoms with Gasteiger partial charge in [-0.05, 0) is 18.7 Å². The van der Waals surface area contributed by atoms with E-state index in [1.54, 1.807) is 23.2 Å². The van der Waals surface area contributed by atoms with Gasteiger partial charge < -0.3 is 5.73 Å². The summed E-state index contributed by atoms with van der Waals surface area (Å²) >= 11 is 0. The Morgan fingerprint density at radius 1 is 1.33 bits per heavy atom. The van der Waals surface area contributed by atoms with E-state index in [-0.39, 0.29) is 5.82 Å². The fraction of sp³-hybridized carbons (Fsp3) is 0.200. The number of nitrogens with two attached hydrogens (primary N) is 1. The van der Waals surface area contributed by atoms with Crippen molar-refractivity contribution in [1.82, 2.24) is 14.5 Å². The number of hydrogen-bond donors (Lipinski definition) is 1. The molecule has 0 saturated heterocycles. The lowest BCUT2D eigenvalue weighted by molar-refractivity contribution is 0.620. The summed E-state index contributed by atoms with van der Waals surface area (Å²) in [6.07, 6.45) is 5.28. The molecule has 0 unspecified atom stereocenters. The van der Waals surface area contributed by atoms with Crippen molar-refractivity contribution < 1.29 is 4.39 Å². The van der Waals surface area contributed by atoms with Crippen LogP contribution in [0.4, 0.5) is 4.39 Å². The second kappa shape index (κ2) is 4.18. The first kappa shape index (κ1) is 9.79. The normalized spacial score (nSPS) is 10.5. The van der Waals surface area contributed by atoms with Gasteiger partial charge in [-0.2, -0.15) is 0 Å². The molecule has 0 aliphatic rings. The van der Waals surface area contributed by atoms with Crippen molar-refractivity contribution in [2.24, 2.45) is 5.73 Å². The van der Waals surface area contributed by atoms with Crippen LogP contribution in [0.1, 0.15) is 5.69 Å². The molecule has 4 nitrogen and oxygen atoms in total. The highest BCUT2D eigenvalue weighted by atomic mass is 19.1. The van der Waals surface area contributed by atoms with Crippen LogP contribution < -0.4 is 5.73 Å². The Morgan fingerprint density at radius 2 is 2.20 bits per heavy atom. The van der Waals surface area contributed by atoms with E-state index in [0.29, 0.717) is 12.4 Å². The number of aromatic nitrogens is 3. The maximum atomic E-state index is 12.7. The first-order valence-corrected chi connectivity index (χ1v) is 4.64. The predicted molar refractivity (Wildman–Crippen MR) is 54.1 cm³/mol. The molecule has 0 atom stereocenters. The number of nitrogens with zero attached hydrogens (tertiary/aromatic N) is 3. The molecule has 5 heteroatoms. The van der Waals surface area contributed by atoms with Gasteiger partial charge >= 0.3 is 0 Å². The highest BCUT2D eigenvalue weighted by molar-refractivity contribution is 5.25. The van der Waals surface area contributed by atoms with E-state index in [2.05, 4.69) is 9.97 Å². The molecule has 2 aromatic rings. The monoisotopic (exact) mass is 206 g/mol. The Hall–Kier alpha value is -1.75. The first-order chi connectivity index (χ1) is 7.31. The van der Waals surface area contributed by atoms with Crippen molar-refractivity contribution in [3.63, 3.8) is 0 Å². The fourth-order valence-electron chi connectivity index (χ4n) is 1.37. The van der Waals surface area contributed by atoms with E-state index < -0.39 is 0 Å². The Kier molecular flexibility index (Phi) is 2.73. The molecule has 0 spiro atoms. The lowest BCUT2D eigenvalue weighted by atomic mass is 10.3.